The summed E-state index contributed by atoms with van der Waals surface area (Å²) in [4.78, 5) is 25.8. The third-order valence-electron chi connectivity index (χ3n) is 4.68. The van der Waals surface area contributed by atoms with Crippen LogP contribution in [0.15, 0.2) is 42.5 Å². The monoisotopic (exact) mass is 285 g/mol. The number of carbonyl (C=O) groups excluding carboxylic acids is 1. The van der Waals surface area contributed by atoms with Crippen molar-refractivity contribution in [3.05, 3.63) is 48.0 Å². The van der Waals surface area contributed by atoms with Gasteiger partial charge >= 0.3 is 5.97 Å². The minimum absolute atomic E-state index is 0.113. The molecule has 1 aromatic carbocycles. The van der Waals surface area contributed by atoms with E-state index in [0.29, 0.717) is 13.1 Å². The summed E-state index contributed by atoms with van der Waals surface area (Å²) in [6, 6.07) is 9.70. The third-order valence-corrected chi connectivity index (χ3v) is 4.68. The van der Waals surface area contributed by atoms with E-state index in [1.807, 2.05) is 36.4 Å². The van der Waals surface area contributed by atoms with Crippen LogP contribution in [-0.4, -0.2) is 40.1 Å². The molecule has 0 unspecified atom stereocenters. The van der Waals surface area contributed by atoms with Crippen LogP contribution in [0, 0.1) is 11.8 Å². The van der Waals surface area contributed by atoms with E-state index in [4.69, 9.17) is 4.74 Å². The number of benzene rings is 1. The molecule has 5 heteroatoms. The highest BCUT2D eigenvalue weighted by molar-refractivity contribution is 5.90. The number of carboxylic acid groups (broad SMARTS) is 1. The van der Waals surface area contributed by atoms with Crippen LogP contribution in [-0.2, 0) is 20.9 Å². The Hall–Kier alpha value is -2.14. The number of aliphatic carboxylic acids is 1. The molecular weight excluding hydrogens is 270 g/mol. The average molecular weight is 285 g/mol. The molecule has 3 aliphatic heterocycles. The van der Waals surface area contributed by atoms with Gasteiger partial charge in [-0.3, -0.25) is 9.59 Å². The SMILES string of the molecule is O=C(O)[C@H]1[C@H]2C=C[C@@]3(CN(Cc4ccccc4)C(=O)[C@@H]13)O2. The van der Waals surface area contributed by atoms with Crippen molar-refractivity contribution in [2.24, 2.45) is 11.8 Å². The molecule has 2 bridgehead atoms. The first-order chi connectivity index (χ1) is 10.1. The van der Waals surface area contributed by atoms with E-state index in [0.717, 1.165) is 5.56 Å². The molecule has 0 saturated carbocycles. The zero-order valence-electron chi connectivity index (χ0n) is 11.3. The molecule has 1 spiro atoms. The predicted octanol–water partition coefficient (Wildman–Crippen LogP) is 1.05. The van der Waals surface area contributed by atoms with E-state index >= 15 is 0 Å². The molecule has 0 radical (unpaired) electrons. The Bertz CT molecular complexity index is 641. The second kappa shape index (κ2) is 4.18. The number of carboxylic acids is 1. The number of nitrogens with zero attached hydrogens (tertiary/aromatic N) is 1. The Morgan fingerprint density at radius 3 is 2.86 bits per heavy atom. The number of amides is 1. The molecule has 4 rings (SSSR count). The first-order valence-corrected chi connectivity index (χ1v) is 7.03. The lowest BCUT2D eigenvalue weighted by Crippen LogP contribution is -2.39. The minimum Gasteiger partial charge on any atom is -0.481 e. The maximum absolute atomic E-state index is 12.6. The Balaban J connectivity index is 1.63. The Labute approximate surface area is 121 Å². The molecule has 2 saturated heterocycles. The highest BCUT2D eigenvalue weighted by Gasteiger charge is 2.66. The summed E-state index contributed by atoms with van der Waals surface area (Å²) in [6.07, 6.45) is 3.20. The predicted molar refractivity (Wildman–Crippen MR) is 73.2 cm³/mol. The van der Waals surface area contributed by atoms with Gasteiger partial charge in [-0.1, -0.05) is 42.5 Å². The number of ether oxygens (including phenoxy) is 1. The summed E-state index contributed by atoms with van der Waals surface area (Å²) < 4.78 is 5.84. The summed E-state index contributed by atoms with van der Waals surface area (Å²) in [5.41, 5.74) is 0.298. The maximum Gasteiger partial charge on any atom is 0.310 e. The van der Waals surface area contributed by atoms with Crippen molar-refractivity contribution in [3.8, 4) is 0 Å². The van der Waals surface area contributed by atoms with Gasteiger partial charge in [0.05, 0.1) is 18.6 Å². The van der Waals surface area contributed by atoms with E-state index in [9.17, 15) is 14.7 Å². The van der Waals surface area contributed by atoms with Crippen LogP contribution in [0.25, 0.3) is 0 Å². The Morgan fingerprint density at radius 1 is 1.38 bits per heavy atom. The number of hydrogen-bond acceptors (Lipinski definition) is 3. The topological polar surface area (TPSA) is 66.8 Å². The lowest BCUT2D eigenvalue weighted by molar-refractivity contribution is -0.148. The first-order valence-electron chi connectivity index (χ1n) is 7.03. The van der Waals surface area contributed by atoms with Crippen molar-refractivity contribution in [2.75, 3.05) is 6.54 Å². The van der Waals surface area contributed by atoms with Crippen LogP contribution >= 0.6 is 0 Å². The molecule has 0 aromatic heterocycles. The van der Waals surface area contributed by atoms with Crippen LogP contribution < -0.4 is 0 Å². The maximum atomic E-state index is 12.6. The molecular formula is C16H15NO4. The van der Waals surface area contributed by atoms with Gasteiger partial charge in [0.2, 0.25) is 5.91 Å². The molecule has 3 aliphatic rings. The van der Waals surface area contributed by atoms with Crippen LogP contribution in [0.4, 0.5) is 0 Å². The molecule has 2 fully saturated rings. The van der Waals surface area contributed by atoms with E-state index in [1.165, 1.54) is 0 Å². The highest BCUT2D eigenvalue weighted by atomic mass is 16.5. The zero-order valence-corrected chi connectivity index (χ0v) is 11.3. The Morgan fingerprint density at radius 2 is 2.14 bits per heavy atom. The van der Waals surface area contributed by atoms with Crippen molar-refractivity contribution < 1.29 is 19.4 Å². The number of carbonyl (C=O) groups is 2. The van der Waals surface area contributed by atoms with Gasteiger partial charge in [0.15, 0.2) is 0 Å². The van der Waals surface area contributed by atoms with Gasteiger partial charge in [0, 0.05) is 6.54 Å². The van der Waals surface area contributed by atoms with Gasteiger partial charge in [0.25, 0.3) is 0 Å². The van der Waals surface area contributed by atoms with Crippen LogP contribution in [0.2, 0.25) is 0 Å². The average Bonchev–Trinajstić information content (AvgIpc) is 3.09. The van der Waals surface area contributed by atoms with Crippen molar-refractivity contribution >= 4 is 11.9 Å². The number of likely N-dealkylation sites (tertiary alicyclic amines) is 1. The summed E-state index contributed by atoms with van der Waals surface area (Å²) in [5, 5.41) is 9.39. The second-order valence-electron chi connectivity index (χ2n) is 5.92. The molecule has 1 amide bonds. The summed E-state index contributed by atoms with van der Waals surface area (Å²) >= 11 is 0. The highest BCUT2D eigenvalue weighted by Crippen LogP contribution is 2.52. The largest absolute Gasteiger partial charge is 0.481 e. The minimum atomic E-state index is -0.953. The van der Waals surface area contributed by atoms with Crippen molar-refractivity contribution in [2.45, 2.75) is 18.2 Å². The fraction of sp³-hybridized carbons (Fsp3) is 0.375. The smallest absolute Gasteiger partial charge is 0.310 e. The molecule has 108 valence electrons. The molecule has 1 N–H and O–H groups in total. The van der Waals surface area contributed by atoms with Gasteiger partial charge in [-0.05, 0) is 5.56 Å². The van der Waals surface area contributed by atoms with E-state index in [2.05, 4.69) is 0 Å². The van der Waals surface area contributed by atoms with E-state index in [1.54, 1.807) is 11.0 Å². The van der Waals surface area contributed by atoms with Gasteiger partial charge in [-0.15, -0.1) is 0 Å². The molecule has 21 heavy (non-hydrogen) atoms. The normalized spacial score (nSPS) is 36.3. The molecule has 0 aliphatic carbocycles. The number of fused-ring (bicyclic) bond motifs is 1. The third kappa shape index (κ3) is 1.67. The van der Waals surface area contributed by atoms with Crippen molar-refractivity contribution in [3.63, 3.8) is 0 Å². The molecule has 3 heterocycles. The Kier molecular flexibility index (Phi) is 2.50. The van der Waals surface area contributed by atoms with Gasteiger partial charge in [-0.2, -0.15) is 0 Å². The van der Waals surface area contributed by atoms with Gasteiger partial charge in [-0.25, -0.2) is 0 Å². The van der Waals surface area contributed by atoms with Crippen molar-refractivity contribution in [1.29, 1.82) is 0 Å². The first kappa shape index (κ1) is 12.6. The van der Waals surface area contributed by atoms with Crippen LogP contribution in [0.5, 0.6) is 0 Å². The van der Waals surface area contributed by atoms with Crippen LogP contribution in [0.1, 0.15) is 5.56 Å². The van der Waals surface area contributed by atoms with Crippen LogP contribution in [0.3, 0.4) is 0 Å². The number of hydrogen-bond donors (Lipinski definition) is 1. The van der Waals surface area contributed by atoms with Gasteiger partial charge < -0.3 is 14.7 Å². The van der Waals surface area contributed by atoms with E-state index < -0.39 is 29.5 Å². The summed E-state index contributed by atoms with van der Waals surface area (Å²) in [7, 11) is 0. The fourth-order valence-electron chi connectivity index (χ4n) is 3.80. The molecule has 4 atom stereocenters. The zero-order chi connectivity index (χ0) is 14.6. The standard InChI is InChI=1S/C16H15NO4/c18-14-13-12(15(19)20)11-6-7-16(13,21-11)9-17(14)8-10-4-2-1-3-5-10/h1-7,11-13H,8-9H2,(H,19,20)/t11-,12+,13-,16+/m1/s1. The molecule has 1 aromatic rings. The number of rotatable bonds is 3. The van der Waals surface area contributed by atoms with Gasteiger partial charge in [0.1, 0.15) is 11.5 Å². The summed E-state index contributed by atoms with van der Waals surface area (Å²) in [5.74, 6) is -2.42. The van der Waals surface area contributed by atoms with E-state index in [-0.39, 0.29) is 5.91 Å². The van der Waals surface area contributed by atoms with Crippen molar-refractivity contribution in [1.82, 2.24) is 4.90 Å². The second-order valence-corrected chi connectivity index (χ2v) is 5.92. The quantitative estimate of drug-likeness (QED) is 0.843. The fourth-order valence-corrected chi connectivity index (χ4v) is 3.80. The lowest BCUT2D eigenvalue weighted by Gasteiger charge is -2.21. The summed E-state index contributed by atoms with van der Waals surface area (Å²) in [6.45, 7) is 0.925. The lowest BCUT2D eigenvalue weighted by atomic mass is 9.77. The molecule has 5 nitrogen and oxygen atoms in total.